The summed E-state index contributed by atoms with van der Waals surface area (Å²) in [5.41, 5.74) is 2.73. The molecular formula is C32H45N3O5S. The Kier molecular flexibility index (Phi) is 10.8. The summed E-state index contributed by atoms with van der Waals surface area (Å²) in [5, 5.41) is 0. The van der Waals surface area contributed by atoms with Crippen molar-refractivity contribution < 1.29 is 22.7 Å². The van der Waals surface area contributed by atoms with Crippen LogP contribution in [-0.2, 0) is 21.4 Å². The summed E-state index contributed by atoms with van der Waals surface area (Å²) in [7, 11) is -1.92. The molecule has 0 bridgehead atoms. The Balaban J connectivity index is 1.50. The first-order valence-electron chi connectivity index (χ1n) is 15.0. The van der Waals surface area contributed by atoms with E-state index in [9.17, 15) is 18.0 Å². The van der Waals surface area contributed by atoms with E-state index in [1.54, 1.807) is 14.0 Å². The lowest BCUT2D eigenvalue weighted by atomic mass is 9.89. The number of carbonyl (C=O) groups is 2. The zero-order chi connectivity index (χ0) is 29.4. The number of ether oxygens (including phenoxy) is 1. The summed E-state index contributed by atoms with van der Waals surface area (Å²) in [4.78, 5) is 30.8. The molecular weight excluding hydrogens is 538 g/mol. The summed E-state index contributed by atoms with van der Waals surface area (Å²) in [6.07, 6.45) is 6.71. The number of piperidine rings is 1. The molecule has 41 heavy (non-hydrogen) atoms. The number of hydrogen-bond acceptors (Lipinski definition) is 5. The molecule has 2 fully saturated rings. The molecule has 8 nitrogen and oxygen atoms in total. The second-order valence-corrected chi connectivity index (χ2v) is 13.7. The van der Waals surface area contributed by atoms with E-state index in [1.807, 2.05) is 65.3 Å². The Morgan fingerprint density at radius 3 is 2.15 bits per heavy atom. The van der Waals surface area contributed by atoms with Crippen LogP contribution >= 0.6 is 0 Å². The topological polar surface area (TPSA) is 87.2 Å². The molecule has 224 valence electrons. The molecule has 0 N–H and O–H groups in total. The van der Waals surface area contributed by atoms with Crippen LogP contribution in [0.4, 0.5) is 0 Å². The van der Waals surface area contributed by atoms with Gasteiger partial charge in [0, 0.05) is 37.8 Å². The van der Waals surface area contributed by atoms with Gasteiger partial charge in [0.25, 0.3) is 5.91 Å². The third kappa shape index (κ3) is 8.32. The average molecular weight is 584 g/mol. The fourth-order valence-electron chi connectivity index (χ4n) is 5.97. The SMILES string of the molecule is CCS(=O)(=O)N(CC(=O)N(Cc1ccc(OC)cc1)C1CCN(C(=O)c2ccc(C)cc2)CC1)CC1CCCCC1. The van der Waals surface area contributed by atoms with Crippen molar-refractivity contribution in [3.63, 3.8) is 0 Å². The van der Waals surface area contributed by atoms with Crippen LogP contribution in [0.25, 0.3) is 0 Å². The molecule has 0 atom stereocenters. The van der Waals surface area contributed by atoms with E-state index in [4.69, 9.17) is 4.74 Å². The summed E-state index contributed by atoms with van der Waals surface area (Å²) >= 11 is 0. The second-order valence-electron chi connectivity index (χ2n) is 11.5. The molecule has 2 aromatic rings. The predicted octanol–water partition coefficient (Wildman–Crippen LogP) is 4.87. The number of rotatable bonds is 11. The van der Waals surface area contributed by atoms with Gasteiger partial charge in [-0.15, -0.1) is 0 Å². The minimum Gasteiger partial charge on any atom is -0.497 e. The maximum Gasteiger partial charge on any atom is 0.253 e. The highest BCUT2D eigenvalue weighted by molar-refractivity contribution is 7.89. The Bertz CT molecular complexity index is 1250. The third-order valence-corrected chi connectivity index (χ3v) is 10.4. The Labute approximate surface area is 245 Å². The number of methoxy groups -OCH3 is 1. The van der Waals surface area contributed by atoms with Crippen molar-refractivity contribution in [2.24, 2.45) is 5.92 Å². The molecule has 0 unspecified atom stereocenters. The molecule has 0 spiro atoms. The quantitative estimate of drug-likeness (QED) is 0.377. The highest BCUT2D eigenvalue weighted by Crippen LogP contribution is 2.27. The molecule has 1 aliphatic heterocycles. The van der Waals surface area contributed by atoms with Crippen molar-refractivity contribution in [2.45, 2.75) is 71.4 Å². The van der Waals surface area contributed by atoms with Gasteiger partial charge in [0.05, 0.1) is 19.4 Å². The number of likely N-dealkylation sites (tertiary alicyclic amines) is 1. The van der Waals surface area contributed by atoms with E-state index in [0.29, 0.717) is 50.5 Å². The van der Waals surface area contributed by atoms with Crippen LogP contribution < -0.4 is 4.74 Å². The largest absolute Gasteiger partial charge is 0.497 e. The van der Waals surface area contributed by atoms with Crippen molar-refractivity contribution >= 4 is 21.8 Å². The number of benzene rings is 2. The Morgan fingerprint density at radius 1 is 0.927 bits per heavy atom. The first kappa shape index (κ1) is 31.0. The number of carbonyl (C=O) groups excluding carboxylic acids is 2. The van der Waals surface area contributed by atoms with Gasteiger partial charge in [0.1, 0.15) is 5.75 Å². The van der Waals surface area contributed by atoms with Gasteiger partial charge in [-0.1, -0.05) is 49.1 Å². The first-order valence-corrected chi connectivity index (χ1v) is 16.6. The van der Waals surface area contributed by atoms with E-state index in [2.05, 4.69) is 0 Å². The van der Waals surface area contributed by atoms with Crippen molar-refractivity contribution in [1.82, 2.24) is 14.1 Å². The van der Waals surface area contributed by atoms with Crippen LogP contribution in [0.2, 0.25) is 0 Å². The van der Waals surface area contributed by atoms with Gasteiger partial charge in [0.15, 0.2) is 0 Å². The normalized spacial score (nSPS) is 17.0. The molecule has 9 heteroatoms. The van der Waals surface area contributed by atoms with Crippen LogP contribution in [0.5, 0.6) is 5.75 Å². The Morgan fingerprint density at radius 2 is 1.56 bits per heavy atom. The van der Waals surface area contributed by atoms with Crippen LogP contribution in [0, 0.1) is 12.8 Å². The minimum absolute atomic E-state index is 0.00387. The van der Waals surface area contributed by atoms with Crippen molar-refractivity contribution in [3.05, 3.63) is 65.2 Å². The third-order valence-electron chi connectivity index (χ3n) is 8.58. The number of amides is 2. The first-order chi connectivity index (χ1) is 19.7. The second kappa shape index (κ2) is 14.3. The zero-order valence-electron chi connectivity index (χ0n) is 24.8. The van der Waals surface area contributed by atoms with Crippen molar-refractivity contribution in [1.29, 1.82) is 0 Å². The average Bonchev–Trinajstić information content (AvgIpc) is 3.00. The fraction of sp³-hybridized carbons (Fsp3) is 0.562. The van der Waals surface area contributed by atoms with E-state index in [1.165, 1.54) is 10.7 Å². The number of hydrogen-bond donors (Lipinski definition) is 0. The van der Waals surface area contributed by atoms with E-state index in [-0.39, 0.29) is 30.2 Å². The van der Waals surface area contributed by atoms with E-state index < -0.39 is 10.0 Å². The fourth-order valence-corrected chi connectivity index (χ4v) is 7.08. The van der Waals surface area contributed by atoms with Crippen LogP contribution in [0.3, 0.4) is 0 Å². The lowest BCUT2D eigenvalue weighted by Gasteiger charge is -2.39. The van der Waals surface area contributed by atoms with Gasteiger partial charge in [0.2, 0.25) is 15.9 Å². The van der Waals surface area contributed by atoms with Crippen LogP contribution in [-0.4, -0.2) is 79.4 Å². The lowest BCUT2D eigenvalue weighted by molar-refractivity contribution is -0.135. The number of sulfonamides is 1. The van der Waals surface area contributed by atoms with Gasteiger partial charge in [-0.05, 0) is 75.3 Å². The minimum atomic E-state index is -3.54. The smallest absolute Gasteiger partial charge is 0.253 e. The van der Waals surface area contributed by atoms with Gasteiger partial charge in [-0.2, -0.15) is 4.31 Å². The monoisotopic (exact) mass is 583 g/mol. The molecule has 2 aliphatic rings. The summed E-state index contributed by atoms with van der Waals surface area (Å²) in [6, 6.07) is 15.1. The molecule has 0 radical (unpaired) electrons. The van der Waals surface area contributed by atoms with E-state index >= 15 is 0 Å². The summed E-state index contributed by atoms with van der Waals surface area (Å²) < 4.78 is 32.9. The standard InChI is InChI=1S/C32H45N3O5S/c1-4-41(38,39)34(22-26-8-6-5-7-9-26)24-31(36)35(23-27-12-16-30(40-3)17-13-27)29-18-20-33(21-19-29)32(37)28-14-10-25(2)11-15-28/h10-17,26,29H,4-9,18-24H2,1-3H3. The molecule has 2 aromatic carbocycles. The molecule has 1 aliphatic carbocycles. The molecule has 2 amide bonds. The molecule has 1 saturated carbocycles. The van der Waals surface area contributed by atoms with Crippen LogP contribution in [0.1, 0.15) is 73.4 Å². The van der Waals surface area contributed by atoms with Crippen LogP contribution in [0.15, 0.2) is 48.5 Å². The molecule has 1 saturated heterocycles. The number of aryl methyl sites for hydroxylation is 1. The number of nitrogens with zero attached hydrogens (tertiary/aromatic N) is 3. The molecule has 0 aromatic heterocycles. The molecule has 4 rings (SSSR count). The van der Waals surface area contributed by atoms with Gasteiger partial charge < -0.3 is 14.5 Å². The van der Waals surface area contributed by atoms with E-state index in [0.717, 1.165) is 42.6 Å². The highest BCUT2D eigenvalue weighted by atomic mass is 32.2. The Hall–Kier alpha value is -2.91. The summed E-state index contributed by atoms with van der Waals surface area (Å²) in [5.74, 6) is 0.831. The predicted molar refractivity (Wildman–Crippen MR) is 161 cm³/mol. The van der Waals surface area contributed by atoms with Crippen molar-refractivity contribution in [3.8, 4) is 5.75 Å². The summed E-state index contributed by atoms with van der Waals surface area (Å²) in [6.45, 7) is 5.36. The highest BCUT2D eigenvalue weighted by Gasteiger charge is 2.33. The van der Waals surface area contributed by atoms with Gasteiger partial charge in [-0.3, -0.25) is 9.59 Å². The van der Waals surface area contributed by atoms with Gasteiger partial charge in [-0.25, -0.2) is 8.42 Å². The van der Waals surface area contributed by atoms with Crippen molar-refractivity contribution in [2.75, 3.05) is 39.0 Å². The maximum atomic E-state index is 14.0. The molecule has 1 heterocycles. The van der Waals surface area contributed by atoms with Gasteiger partial charge >= 0.3 is 0 Å². The zero-order valence-corrected chi connectivity index (χ0v) is 25.6. The lowest BCUT2D eigenvalue weighted by Crippen LogP contribution is -2.52. The maximum absolute atomic E-state index is 14.0.